The molecule has 1 heterocycles. The minimum Gasteiger partial charge on any atom is -0.495 e. The van der Waals surface area contributed by atoms with E-state index in [2.05, 4.69) is 21.2 Å². The number of hydrogen-bond donors (Lipinski definition) is 1. The summed E-state index contributed by atoms with van der Waals surface area (Å²) in [5.74, 6) is -0.645. The highest BCUT2D eigenvalue weighted by Gasteiger charge is 2.14. The SMILES string of the molecule is COc1ccccc1NC(=O)COC(=O)c1ccc(Br)o1. The van der Waals surface area contributed by atoms with Gasteiger partial charge in [-0.2, -0.15) is 0 Å². The van der Waals surface area contributed by atoms with Crippen LogP contribution >= 0.6 is 15.9 Å². The van der Waals surface area contributed by atoms with Gasteiger partial charge in [0, 0.05) is 0 Å². The lowest BCUT2D eigenvalue weighted by Gasteiger charge is -2.09. The quantitative estimate of drug-likeness (QED) is 0.836. The van der Waals surface area contributed by atoms with Crippen LogP contribution in [0.3, 0.4) is 0 Å². The molecule has 2 aromatic rings. The van der Waals surface area contributed by atoms with Crippen LogP contribution in [0.15, 0.2) is 45.5 Å². The van der Waals surface area contributed by atoms with Gasteiger partial charge in [-0.25, -0.2) is 4.79 Å². The third kappa shape index (κ3) is 4.09. The lowest BCUT2D eigenvalue weighted by Crippen LogP contribution is -2.21. The number of nitrogens with one attached hydrogen (secondary N) is 1. The van der Waals surface area contributed by atoms with Crippen molar-refractivity contribution in [3.8, 4) is 5.75 Å². The van der Waals surface area contributed by atoms with Gasteiger partial charge >= 0.3 is 5.97 Å². The minimum absolute atomic E-state index is 0.0203. The molecule has 0 bridgehead atoms. The fraction of sp³-hybridized carbons (Fsp3) is 0.143. The van der Waals surface area contributed by atoms with E-state index in [1.807, 2.05) is 0 Å². The predicted octanol–water partition coefficient (Wildman–Crippen LogP) is 2.85. The van der Waals surface area contributed by atoms with Gasteiger partial charge in [-0.05, 0) is 40.2 Å². The largest absolute Gasteiger partial charge is 0.495 e. The summed E-state index contributed by atoms with van der Waals surface area (Å²) in [4.78, 5) is 23.3. The van der Waals surface area contributed by atoms with Crippen molar-refractivity contribution in [2.75, 3.05) is 19.0 Å². The Morgan fingerprint density at radius 1 is 1.24 bits per heavy atom. The van der Waals surface area contributed by atoms with Crippen LogP contribution in [-0.2, 0) is 9.53 Å². The standard InChI is InChI=1S/C14H12BrNO5/c1-19-10-5-3-2-4-9(10)16-13(17)8-20-14(18)11-6-7-12(15)21-11/h2-7H,8H2,1H3,(H,16,17). The van der Waals surface area contributed by atoms with Gasteiger partial charge in [0.2, 0.25) is 5.76 Å². The van der Waals surface area contributed by atoms with Gasteiger partial charge in [0.15, 0.2) is 11.3 Å². The van der Waals surface area contributed by atoms with Crippen molar-refractivity contribution in [2.24, 2.45) is 0 Å². The van der Waals surface area contributed by atoms with Crippen LogP contribution in [0.25, 0.3) is 0 Å². The fourth-order valence-electron chi connectivity index (χ4n) is 1.56. The molecule has 0 saturated heterocycles. The molecule has 7 heteroatoms. The normalized spacial score (nSPS) is 10.0. The first-order valence-electron chi connectivity index (χ1n) is 5.95. The van der Waals surface area contributed by atoms with Crippen molar-refractivity contribution in [1.82, 2.24) is 0 Å². The highest BCUT2D eigenvalue weighted by Crippen LogP contribution is 2.22. The maximum absolute atomic E-state index is 11.7. The first kappa shape index (κ1) is 15.1. The highest BCUT2D eigenvalue weighted by molar-refractivity contribution is 9.10. The van der Waals surface area contributed by atoms with Gasteiger partial charge in [0.05, 0.1) is 12.8 Å². The second kappa shape index (κ2) is 6.94. The second-order valence-electron chi connectivity index (χ2n) is 3.93. The van der Waals surface area contributed by atoms with Crippen LogP contribution in [0, 0.1) is 0 Å². The third-order valence-electron chi connectivity index (χ3n) is 2.49. The molecule has 0 saturated carbocycles. The van der Waals surface area contributed by atoms with Gasteiger partial charge < -0.3 is 19.2 Å². The van der Waals surface area contributed by atoms with Crippen molar-refractivity contribution in [2.45, 2.75) is 0 Å². The third-order valence-corrected chi connectivity index (χ3v) is 2.92. The molecule has 2 rings (SSSR count). The van der Waals surface area contributed by atoms with E-state index in [1.54, 1.807) is 30.3 Å². The number of esters is 1. The fourth-order valence-corrected chi connectivity index (χ4v) is 1.87. The molecule has 0 fully saturated rings. The summed E-state index contributed by atoms with van der Waals surface area (Å²) in [6.45, 7) is -0.421. The van der Waals surface area contributed by atoms with E-state index in [-0.39, 0.29) is 5.76 Å². The maximum atomic E-state index is 11.7. The molecule has 1 aromatic carbocycles. The molecule has 0 aliphatic carbocycles. The molecule has 0 unspecified atom stereocenters. The number of rotatable bonds is 5. The molecule has 110 valence electrons. The van der Waals surface area contributed by atoms with Crippen LogP contribution in [0.1, 0.15) is 10.6 Å². The lowest BCUT2D eigenvalue weighted by molar-refractivity contribution is -0.119. The number of methoxy groups -OCH3 is 1. The summed E-state index contributed by atoms with van der Waals surface area (Å²) in [7, 11) is 1.50. The van der Waals surface area contributed by atoms with Crippen LogP contribution < -0.4 is 10.1 Å². The molecule has 0 spiro atoms. The smallest absolute Gasteiger partial charge is 0.374 e. The average molecular weight is 354 g/mol. The second-order valence-corrected chi connectivity index (χ2v) is 4.71. The summed E-state index contributed by atoms with van der Waals surface area (Å²) in [5, 5.41) is 2.59. The van der Waals surface area contributed by atoms with E-state index < -0.39 is 18.5 Å². The Balaban J connectivity index is 1.89. The van der Waals surface area contributed by atoms with E-state index in [4.69, 9.17) is 13.9 Å². The van der Waals surface area contributed by atoms with Crippen molar-refractivity contribution in [3.05, 3.63) is 46.8 Å². The van der Waals surface area contributed by atoms with Crippen LogP contribution in [0.4, 0.5) is 5.69 Å². The van der Waals surface area contributed by atoms with E-state index in [9.17, 15) is 9.59 Å². The molecule has 0 aliphatic heterocycles. The number of hydrogen-bond acceptors (Lipinski definition) is 5. The first-order valence-corrected chi connectivity index (χ1v) is 6.75. The molecule has 0 aliphatic rings. The molecular formula is C14H12BrNO5. The molecule has 21 heavy (non-hydrogen) atoms. The average Bonchev–Trinajstić information content (AvgIpc) is 2.92. The van der Waals surface area contributed by atoms with Crippen molar-refractivity contribution in [1.29, 1.82) is 0 Å². The molecule has 0 atom stereocenters. The number of anilines is 1. The summed E-state index contributed by atoms with van der Waals surface area (Å²) in [5.41, 5.74) is 0.502. The van der Waals surface area contributed by atoms with Crippen LogP contribution in [0.5, 0.6) is 5.75 Å². The Hall–Kier alpha value is -2.28. The summed E-state index contributed by atoms with van der Waals surface area (Å²) in [6, 6.07) is 9.94. The number of ether oxygens (including phenoxy) is 2. The highest BCUT2D eigenvalue weighted by atomic mass is 79.9. The van der Waals surface area contributed by atoms with Crippen molar-refractivity contribution >= 4 is 33.5 Å². The first-order chi connectivity index (χ1) is 10.1. The molecular weight excluding hydrogens is 342 g/mol. The molecule has 1 aromatic heterocycles. The molecule has 1 N–H and O–H groups in total. The number of furan rings is 1. The summed E-state index contributed by atoms with van der Waals surface area (Å²) >= 11 is 3.07. The number of benzene rings is 1. The Morgan fingerprint density at radius 3 is 2.67 bits per heavy atom. The lowest BCUT2D eigenvalue weighted by atomic mass is 10.3. The topological polar surface area (TPSA) is 77.8 Å². The number of para-hydroxylation sites is 2. The zero-order valence-electron chi connectivity index (χ0n) is 11.1. The minimum atomic E-state index is -0.712. The zero-order valence-corrected chi connectivity index (χ0v) is 12.7. The van der Waals surface area contributed by atoms with Gasteiger partial charge in [-0.3, -0.25) is 4.79 Å². The van der Waals surface area contributed by atoms with Crippen LogP contribution in [-0.4, -0.2) is 25.6 Å². The number of halogens is 1. The number of carbonyl (C=O) groups is 2. The van der Waals surface area contributed by atoms with E-state index in [0.29, 0.717) is 16.1 Å². The van der Waals surface area contributed by atoms with Crippen molar-refractivity contribution in [3.63, 3.8) is 0 Å². The van der Waals surface area contributed by atoms with E-state index >= 15 is 0 Å². The van der Waals surface area contributed by atoms with Gasteiger partial charge in [0.25, 0.3) is 5.91 Å². The summed E-state index contributed by atoms with van der Waals surface area (Å²) in [6.07, 6.45) is 0. The predicted molar refractivity (Wildman–Crippen MR) is 78.3 cm³/mol. The Kier molecular flexibility index (Phi) is 4.99. The number of carbonyl (C=O) groups excluding carboxylic acids is 2. The number of amides is 1. The van der Waals surface area contributed by atoms with Crippen LogP contribution in [0.2, 0.25) is 0 Å². The maximum Gasteiger partial charge on any atom is 0.374 e. The zero-order chi connectivity index (χ0) is 15.2. The van der Waals surface area contributed by atoms with Gasteiger partial charge in [-0.1, -0.05) is 12.1 Å². The monoisotopic (exact) mass is 353 g/mol. The Morgan fingerprint density at radius 2 is 2.00 bits per heavy atom. The molecule has 6 nitrogen and oxygen atoms in total. The van der Waals surface area contributed by atoms with Crippen molar-refractivity contribution < 1.29 is 23.5 Å². The summed E-state index contributed by atoms with van der Waals surface area (Å²) < 4.78 is 15.4. The van der Waals surface area contributed by atoms with E-state index in [1.165, 1.54) is 13.2 Å². The van der Waals surface area contributed by atoms with Gasteiger partial charge in [0.1, 0.15) is 5.75 Å². The Labute approximate surface area is 129 Å². The van der Waals surface area contributed by atoms with Gasteiger partial charge in [-0.15, -0.1) is 0 Å². The Bertz CT molecular complexity index is 652. The molecule has 1 amide bonds. The van der Waals surface area contributed by atoms with E-state index in [0.717, 1.165) is 0 Å². The molecule has 0 radical (unpaired) electrons.